The Morgan fingerprint density at radius 1 is 1.14 bits per heavy atom. The van der Waals surface area contributed by atoms with Crippen molar-refractivity contribution >= 4 is 23.1 Å². The van der Waals surface area contributed by atoms with Gasteiger partial charge in [-0.3, -0.25) is 0 Å². The average molecular weight is 414 g/mol. The number of para-hydroxylation sites is 1. The van der Waals surface area contributed by atoms with E-state index in [1.165, 1.54) is 35.2 Å². The monoisotopic (exact) mass is 413 g/mol. The molecule has 0 saturated heterocycles. The van der Waals surface area contributed by atoms with E-state index in [4.69, 9.17) is 4.74 Å². The van der Waals surface area contributed by atoms with Gasteiger partial charge in [-0.25, -0.2) is 9.37 Å². The highest BCUT2D eigenvalue weighted by atomic mass is 32.2. The van der Waals surface area contributed by atoms with Crippen molar-refractivity contribution in [2.24, 2.45) is 0 Å². The summed E-state index contributed by atoms with van der Waals surface area (Å²) in [5.41, 5.74) is 3.00. The minimum atomic E-state index is -0.283. The van der Waals surface area contributed by atoms with Gasteiger partial charge in [0.1, 0.15) is 23.2 Å². The molecule has 2 aromatic carbocycles. The predicted molar refractivity (Wildman–Crippen MR) is 106 cm³/mol. The molecule has 0 aliphatic rings. The molecule has 0 atom stereocenters. The van der Waals surface area contributed by atoms with Crippen LogP contribution in [0, 0.1) is 12.7 Å². The molecular weight excluding hydrogens is 397 g/mol. The van der Waals surface area contributed by atoms with Crippen LogP contribution in [0.4, 0.5) is 4.39 Å². The van der Waals surface area contributed by atoms with Crippen LogP contribution < -0.4 is 4.74 Å². The summed E-state index contributed by atoms with van der Waals surface area (Å²) in [4.78, 5) is 4.58. The quantitative estimate of drug-likeness (QED) is 0.418. The fraction of sp³-hybridized carbons (Fsp3) is 0.158. The summed E-state index contributed by atoms with van der Waals surface area (Å²) in [5, 5.41) is 15.6. The summed E-state index contributed by atoms with van der Waals surface area (Å²) in [6.45, 7) is 2.38. The first-order valence-corrected chi connectivity index (χ1v) is 10.3. The number of hydrogen-bond donors (Lipinski definition) is 0. The van der Waals surface area contributed by atoms with Crippen molar-refractivity contribution in [3.63, 3.8) is 0 Å². The first kappa shape index (κ1) is 18.6. The lowest BCUT2D eigenvalue weighted by molar-refractivity contribution is 0.305. The number of benzene rings is 2. The van der Waals surface area contributed by atoms with Gasteiger partial charge in [0.25, 0.3) is 0 Å². The highest BCUT2D eigenvalue weighted by Gasteiger charge is 2.12. The maximum absolute atomic E-state index is 12.9. The van der Waals surface area contributed by atoms with Crippen LogP contribution in [0.15, 0.2) is 59.1 Å². The molecule has 0 spiro atoms. The molecule has 28 heavy (non-hydrogen) atoms. The second-order valence-electron chi connectivity index (χ2n) is 5.92. The molecule has 142 valence electrons. The van der Waals surface area contributed by atoms with Gasteiger partial charge in [0.05, 0.1) is 11.4 Å². The van der Waals surface area contributed by atoms with Gasteiger partial charge in [0, 0.05) is 11.1 Å². The molecule has 0 radical (unpaired) electrons. The van der Waals surface area contributed by atoms with Crippen molar-refractivity contribution in [2.75, 3.05) is 0 Å². The largest absolute Gasteiger partial charge is 0.486 e. The van der Waals surface area contributed by atoms with Crippen LogP contribution in [0.25, 0.3) is 5.69 Å². The topological polar surface area (TPSA) is 65.7 Å². The molecule has 4 aromatic rings. The Morgan fingerprint density at radius 2 is 1.96 bits per heavy atom. The van der Waals surface area contributed by atoms with Crippen LogP contribution in [0.3, 0.4) is 0 Å². The Hall–Kier alpha value is -2.78. The van der Waals surface area contributed by atoms with E-state index in [9.17, 15) is 4.39 Å². The second kappa shape index (κ2) is 8.49. The maximum atomic E-state index is 12.9. The average Bonchev–Trinajstić information content (AvgIpc) is 3.35. The number of halogens is 1. The first-order valence-electron chi connectivity index (χ1n) is 8.48. The second-order valence-corrected chi connectivity index (χ2v) is 7.81. The van der Waals surface area contributed by atoms with Gasteiger partial charge in [0.2, 0.25) is 5.16 Å². The van der Waals surface area contributed by atoms with E-state index in [1.807, 2.05) is 36.6 Å². The van der Waals surface area contributed by atoms with Crippen LogP contribution >= 0.6 is 23.1 Å². The molecule has 0 aliphatic carbocycles. The molecule has 0 fully saturated rings. The normalized spacial score (nSPS) is 10.9. The number of aromatic nitrogens is 5. The zero-order chi connectivity index (χ0) is 19.3. The highest BCUT2D eigenvalue weighted by Crippen LogP contribution is 2.25. The molecule has 0 bridgehead atoms. The zero-order valence-electron chi connectivity index (χ0n) is 14.9. The smallest absolute Gasteiger partial charge is 0.214 e. The Morgan fingerprint density at radius 3 is 2.79 bits per heavy atom. The van der Waals surface area contributed by atoms with Gasteiger partial charge in [-0.2, -0.15) is 4.68 Å². The van der Waals surface area contributed by atoms with Crippen molar-refractivity contribution < 1.29 is 9.13 Å². The molecule has 0 aliphatic heterocycles. The van der Waals surface area contributed by atoms with Gasteiger partial charge in [-0.15, -0.1) is 16.4 Å². The summed E-state index contributed by atoms with van der Waals surface area (Å²) < 4.78 is 20.3. The van der Waals surface area contributed by atoms with Gasteiger partial charge >= 0.3 is 0 Å². The third-order valence-electron chi connectivity index (χ3n) is 3.91. The molecule has 0 amide bonds. The number of nitrogens with zero attached hydrogens (tertiary/aromatic N) is 5. The van der Waals surface area contributed by atoms with Crippen molar-refractivity contribution in [2.45, 2.75) is 24.4 Å². The molecule has 2 heterocycles. The summed E-state index contributed by atoms with van der Waals surface area (Å²) in [5.74, 6) is 0.984. The van der Waals surface area contributed by atoms with E-state index < -0.39 is 0 Å². The van der Waals surface area contributed by atoms with E-state index in [-0.39, 0.29) is 5.82 Å². The predicted octanol–water partition coefficient (Wildman–Crippen LogP) is 4.44. The summed E-state index contributed by atoms with van der Waals surface area (Å²) in [6.07, 6.45) is 0. The zero-order valence-corrected chi connectivity index (χ0v) is 16.6. The Balaban J connectivity index is 1.37. The molecule has 0 saturated carbocycles. The number of ether oxygens (including phenoxy) is 1. The number of rotatable bonds is 7. The van der Waals surface area contributed by atoms with Gasteiger partial charge in [-0.05, 0) is 53.2 Å². The molecule has 6 nitrogen and oxygen atoms in total. The van der Waals surface area contributed by atoms with Crippen LogP contribution in [0.5, 0.6) is 5.75 Å². The lowest BCUT2D eigenvalue weighted by atomic mass is 10.2. The number of aryl methyl sites for hydroxylation is 1. The van der Waals surface area contributed by atoms with Gasteiger partial charge in [0.15, 0.2) is 0 Å². The van der Waals surface area contributed by atoms with Crippen LogP contribution in [-0.4, -0.2) is 25.2 Å². The van der Waals surface area contributed by atoms with Crippen LogP contribution in [0.1, 0.15) is 16.3 Å². The molecular formula is C19H16FN5OS2. The maximum Gasteiger partial charge on any atom is 0.214 e. The van der Waals surface area contributed by atoms with Crippen LogP contribution in [0.2, 0.25) is 0 Å². The van der Waals surface area contributed by atoms with E-state index in [1.54, 1.807) is 16.8 Å². The summed E-state index contributed by atoms with van der Waals surface area (Å²) in [7, 11) is 0. The minimum absolute atomic E-state index is 0.283. The van der Waals surface area contributed by atoms with Gasteiger partial charge in [-0.1, -0.05) is 30.0 Å². The molecule has 0 unspecified atom stereocenters. The van der Waals surface area contributed by atoms with E-state index in [0.717, 1.165) is 22.0 Å². The Bertz CT molecular complexity index is 1060. The Labute approximate surface area is 169 Å². The van der Waals surface area contributed by atoms with Crippen molar-refractivity contribution in [3.05, 3.63) is 76.0 Å². The molecule has 0 N–H and O–H groups in total. The molecule has 9 heteroatoms. The van der Waals surface area contributed by atoms with E-state index >= 15 is 0 Å². The van der Waals surface area contributed by atoms with Gasteiger partial charge < -0.3 is 4.74 Å². The Kier molecular flexibility index (Phi) is 5.63. The number of thioether (sulfide) groups is 1. The standard InChI is InChI=1S/C19H16FN5OS2/c1-13-4-2-3-5-17(13)25-19(22-23-24-25)28-12-15-11-27-18(21-15)10-26-16-8-6-14(20)7-9-16/h2-9,11H,10,12H2,1H3. The number of tetrazole rings is 1. The first-order chi connectivity index (χ1) is 13.7. The molecule has 4 rings (SSSR count). The van der Waals surface area contributed by atoms with Crippen molar-refractivity contribution in [1.82, 2.24) is 25.2 Å². The summed E-state index contributed by atoms with van der Waals surface area (Å²) >= 11 is 3.06. The van der Waals surface area contributed by atoms with E-state index in [2.05, 4.69) is 20.5 Å². The van der Waals surface area contributed by atoms with Crippen LogP contribution in [-0.2, 0) is 12.4 Å². The highest BCUT2D eigenvalue weighted by molar-refractivity contribution is 7.98. The third-order valence-corrected chi connectivity index (χ3v) is 5.73. The fourth-order valence-corrected chi connectivity index (χ4v) is 4.10. The number of hydrogen-bond acceptors (Lipinski definition) is 7. The minimum Gasteiger partial charge on any atom is -0.486 e. The lowest BCUT2D eigenvalue weighted by Crippen LogP contribution is -2.01. The van der Waals surface area contributed by atoms with Crippen molar-refractivity contribution in [3.8, 4) is 11.4 Å². The number of thiazole rings is 1. The summed E-state index contributed by atoms with van der Waals surface area (Å²) in [6, 6.07) is 13.9. The fourth-order valence-electron chi connectivity index (χ4n) is 2.52. The lowest BCUT2D eigenvalue weighted by Gasteiger charge is -2.06. The SMILES string of the molecule is Cc1ccccc1-n1nnnc1SCc1csc(COc2ccc(F)cc2)n1. The third kappa shape index (κ3) is 4.37. The van der Waals surface area contributed by atoms with Crippen molar-refractivity contribution in [1.29, 1.82) is 0 Å². The molecule has 2 aromatic heterocycles. The van der Waals surface area contributed by atoms with E-state index in [0.29, 0.717) is 23.3 Å².